The second-order valence-corrected chi connectivity index (χ2v) is 6.20. The summed E-state index contributed by atoms with van der Waals surface area (Å²) in [7, 11) is 0. The van der Waals surface area contributed by atoms with E-state index < -0.39 is 0 Å². The minimum absolute atomic E-state index is 0.0508. The summed E-state index contributed by atoms with van der Waals surface area (Å²) in [5, 5.41) is 3.02. The molecule has 0 radical (unpaired) electrons. The van der Waals surface area contributed by atoms with Crippen molar-refractivity contribution in [3.8, 4) is 11.5 Å². The van der Waals surface area contributed by atoms with Gasteiger partial charge >= 0.3 is 0 Å². The molecule has 25 heavy (non-hydrogen) atoms. The number of nitrogens with zero attached hydrogens (tertiary/aromatic N) is 2. The first-order chi connectivity index (χ1) is 12.2. The number of benzene rings is 1. The maximum Gasteiger partial charge on any atom is 0.226 e. The Kier molecular flexibility index (Phi) is 5.58. The highest BCUT2D eigenvalue weighted by Crippen LogP contribution is 2.36. The number of aromatic nitrogens is 2. The summed E-state index contributed by atoms with van der Waals surface area (Å²) < 4.78 is 13.5. The molecule has 0 bridgehead atoms. The van der Waals surface area contributed by atoms with E-state index in [1.165, 1.54) is 0 Å². The Labute approximate surface area is 148 Å². The Hall–Kier alpha value is -2.50. The number of carbonyl (C=O) groups excluding carboxylic acids is 1. The lowest BCUT2D eigenvalue weighted by Crippen LogP contribution is -2.38. The van der Waals surface area contributed by atoms with Crippen LogP contribution in [0.5, 0.6) is 11.5 Å². The fourth-order valence-electron chi connectivity index (χ4n) is 3.08. The molecule has 6 heteroatoms. The van der Waals surface area contributed by atoms with Gasteiger partial charge in [0.15, 0.2) is 11.5 Å². The van der Waals surface area contributed by atoms with Crippen molar-refractivity contribution in [1.29, 1.82) is 0 Å². The summed E-state index contributed by atoms with van der Waals surface area (Å²) >= 11 is 0. The van der Waals surface area contributed by atoms with Crippen molar-refractivity contribution in [2.75, 3.05) is 19.8 Å². The predicted molar refractivity (Wildman–Crippen MR) is 94.9 cm³/mol. The van der Waals surface area contributed by atoms with Crippen LogP contribution in [0.2, 0.25) is 0 Å². The highest BCUT2D eigenvalue weighted by Gasteiger charge is 2.27. The van der Waals surface area contributed by atoms with Crippen LogP contribution in [0.1, 0.15) is 24.7 Å². The van der Waals surface area contributed by atoms with E-state index in [-0.39, 0.29) is 11.8 Å². The number of para-hydroxylation sites is 1. The average molecular weight is 343 g/mol. The van der Waals surface area contributed by atoms with Crippen molar-refractivity contribution in [3.63, 3.8) is 0 Å². The summed E-state index contributed by atoms with van der Waals surface area (Å²) in [5.74, 6) is 2.43. The van der Waals surface area contributed by atoms with Crippen LogP contribution in [0.3, 0.4) is 0 Å². The van der Waals surface area contributed by atoms with Gasteiger partial charge in [-0.15, -0.1) is 0 Å². The monoisotopic (exact) mass is 343 g/mol. The largest absolute Gasteiger partial charge is 0.490 e. The molecule has 0 aliphatic carbocycles. The molecule has 1 aliphatic heterocycles. The fourth-order valence-corrected chi connectivity index (χ4v) is 3.08. The first-order valence-electron chi connectivity index (χ1n) is 8.82. The van der Waals surface area contributed by atoms with Crippen LogP contribution in [-0.4, -0.2) is 35.2 Å². The number of fused-ring (bicyclic) bond motifs is 1. The average Bonchev–Trinajstić information content (AvgIpc) is 3.03. The van der Waals surface area contributed by atoms with Gasteiger partial charge in [-0.05, 0) is 38.3 Å². The van der Waals surface area contributed by atoms with Crippen LogP contribution in [-0.2, 0) is 17.8 Å². The van der Waals surface area contributed by atoms with Gasteiger partial charge in [-0.1, -0.05) is 12.1 Å². The molecule has 0 spiro atoms. The highest BCUT2D eigenvalue weighted by atomic mass is 16.5. The summed E-state index contributed by atoms with van der Waals surface area (Å²) in [6.45, 7) is 6.42. The Morgan fingerprint density at radius 3 is 3.12 bits per heavy atom. The molecule has 0 unspecified atom stereocenters. The molecule has 1 aromatic heterocycles. The third kappa shape index (κ3) is 4.13. The van der Waals surface area contributed by atoms with Crippen LogP contribution in [0.4, 0.5) is 0 Å². The lowest BCUT2D eigenvalue weighted by molar-refractivity contribution is -0.126. The summed E-state index contributed by atoms with van der Waals surface area (Å²) in [6, 6.07) is 5.85. The normalized spacial score (nSPS) is 16.0. The van der Waals surface area contributed by atoms with Crippen LogP contribution >= 0.6 is 0 Å². The van der Waals surface area contributed by atoms with E-state index in [1.807, 2.05) is 38.2 Å². The topological polar surface area (TPSA) is 65.4 Å². The number of amides is 1. The molecule has 1 N–H and O–H groups in total. The van der Waals surface area contributed by atoms with Gasteiger partial charge in [0.2, 0.25) is 5.91 Å². The maximum atomic E-state index is 12.4. The standard InChI is InChI=1S/C19H25N3O3/c1-3-24-17-7-4-6-15-12-16(13-25-18(15)17)19(23)21-8-5-10-22-11-9-20-14(22)2/h4,6-7,9,11,16H,3,5,8,10,12-13H2,1-2H3,(H,21,23)/t16-/m1/s1. The van der Waals surface area contributed by atoms with Gasteiger partial charge in [-0.3, -0.25) is 4.79 Å². The summed E-state index contributed by atoms with van der Waals surface area (Å²) in [5.41, 5.74) is 1.03. The molecular formula is C19H25N3O3. The maximum absolute atomic E-state index is 12.4. The van der Waals surface area contributed by atoms with E-state index in [9.17, 15) is 4.79 Å². The third-order valence-corrected chi connectivity index (χ3v) is 4.42. The molecule has 3 rings (SSSR count). The second kappa shape index (κ2) is 8.05. The van der Waals surface area contributed by atoms with Gasteiger partial charge in [0.1, 0.15) is 12.4 Å². The van der Waals surface area contributed by atoms with E-state index in [4.69, 9.17) is 9.47 Å². The summed E-state index contributed by atoms with van der Waals surface area (Å²) in [4.78, 5) is 16.6. The quantitative estimate of drug-likeness (QED) is 0.784. The molecule has 6 nitrogen and oxygen atoms in total. The van der Waals surface area contributed by atoms with Crippen molar-refractivity contribution >= 4 is 5.91 Å². The van der Waals surface area contributed by atoms with E-state index in [1.54, 1.807) is 6.20 Å². The number of rotatable bonds is 7. The van der Waals surface area contributed by atoms with Crippen LogP contribution in [0.25, 0.3) is 0 Å². The van der Waals surface area contributed by atoms with Crippen LogP contribution in [0.15, 0.2) is 30.6 Å². The first kappa shape index (κ1) is 17.3. The number of hydrogen-bond donors (Lipinski definition) is 1. The zero-order chi connectivity index (χ0) is 17.6. The molecule has 0 fully saturated rings. The molecule has 1 aliphatic rings. The van der Waals surface area contributed by atoms with Gasteiger partial charge in [-0.2, -0.15) is 0 Å². The zero-order valence-electron chi connectivity index (χ0n) is 14.8. The second-order valence-electron chi connectivity index (χ2n) is 6.20. The molecule has 0 saturated heterocycles. The first-order valence-corrected chi connectivity index (χ1v) is 8.82. The number of carbonyl (C=O) groups is 1. The number of imidazole rings is 1. The van der Waals surface area contributed by atoms with Crippen molar-refractivity contribution < 1.29 is 14.3 Å². The molecule has 1 atom stereocenters. The van der Waals surface area contributed by atoms with Crippen molar-refractivity contribution in [2.24, 2.45) is 5.92 Å². The minimum Gasteiger partial charge on any atom is -0.490 e. The molecule has 2 heterocycles. The van der Waals surface area contributed by atoms with Crippen LogP contribution in [0, 0.1) is 12.8 Å². The molecule has 2 aromatic rings. The summed E-state index contributed by atoms with van der Waals surface area (Å²) in [6.07, 6.45) is 5.31. The number of ether oxygens (including phenoxy) is 2. The SMILES string of the molecule is CCOc1cccc2c1OC[C@H](C(=O)NCCCn1ccnc1C)C2. The van der Waals surface area contributed by atoms with Gasteiger partial charge in [0.05, 0.1) is 12.5 Å². The predicted octanol–water partition coefficient (Wildman–Crippen LogP) is 2.35. The molecule has 1 aromatic carbocycles. The van der Waals surface area contributed by atoms with Gasteiger partial charge in [-0.25, -0.2) is 4.98 Å². The number of hydrogen-bond acceptors (Lipinski definition) is 4. The number of nitrogens with one attached hydrogen (secondary N) is 1. The molecular weight excluding hydrogens is 318 g/mol. The van der Waals surface area contributed by atoms with E-state index in [2.05, 4.69) is 14.9 Å². The molecule has 134 valence electrons. The van der Waals surface area contributed by atoms with E-state index >= 15 is 0 Å². The lowest BCUT2D eigenvalue weighted by Gasteiger charge is -2.26. The van der Waals surface area contributed by atoms with Crippen LogP contribution < -0.4 is 14.8 Å². The Balaban J connectivity index is 1.49. The number of aryl methyl sites for hydroxylation is 2. The Morgan fingerprint density at radius 1 is 1.48 bits per heavy atom. The van der Waals surface area contributed by atoms with Crippen molar-refractivity contribution in [2.45, 2.75) is 33.2 Å². The van der Waals surface area contributed by atoms with Crippen molar-refractivity contribution in [1.82, 2.24) is 14.9 Å². The molecule has 0 saturated carbocycles. The Bertz CT molecular complexity index is 726. The zero-order valence-corrected chi connectivity index (χ0v) is 14.8. The minimum atomic E-state index is -0.153. The van der Waals surface area contributed by atoms with E-state index in [0.717, 1.165) is 35.9 Å². The van der Waals surface area contributed by atoms with Crippen molar-refractivity contribution in [3.05, 3.63) is 42.0 Å². The Morgan fingerprint density at radius 2 is 2.36 bits per heavy atom. The third-order valence-electron chi connectivity index (χ3n) is 4.42. The van der Waals surface area contributed by atoms with E-state index in [0.29, 0.717) is 26.2 Å². The molecule has 1 amide bonds. The highest BCUT2D eigenvalue weighted by molar-refractivity contribution is 5.79. The van der Waals surface area contributed by atoms with Gasteiger partial charge in [0.25, 0.3) is 0 Å². The lowest BCUT2D eigenvalue weighted by atomic mass is 9.95. The smallest absolute Gasteiger partial charge is 0.226 e. The fraction of sp³-hybridized carbons (Fsp3) is 0.474. The van der Waals surface area contributed by atoms with Gasteiger partial charge < -0.3 is 19.4 Å². The van der Waals surface area contributed by atoms with Gasteiger partial charge in [0, 0.05) is 25.5 Å².